The Labute approximate surface area is 124 Å². The largest absolute Gasteiger partial charge is 0.381 e. The van der Waals surface area contributed by atoms with Gasteiger partial charge in [0.2, 0.25) is 10.0 Å². The number of hydrogen-bond acceptors (Lipinski definition) is 3. The topological polar surface area (TPSA) is 69.4 Å². The number of primary sulfonamides is 1. The molecule has 0 aliphatic heterocycles. The summed E-state index contributed by atoms with van der Waals surface area (Å²) in [5.41, 5.74) is -0.248. The Balaban J connectivity index is 2.49. The second-order valence-corrected chi connectivity index (χ2v) is 8.42. The van der Waals surface area contributed by atoms with Crippen molar-refractivity contribution in [2.24, 2.45) is 16.5 Å². The molecule has 1 aliphatic rings. The van der Waals surface area contributed by atoms with Crippen molar-refractivity contribution in [3.63, 3.8) is 0 Å². The highest BCUT2D eigenvalue weighted by atomic mass is 32.2. The lowest BCUT2D eigenvalue weighted by molar-refractivity contribution is 0.0430. The molecule has 0 amide bonds. The first kappa shape index (κ1) is 17.9. The molecule has 1 saturated carbocycles. The van der Waals surface area contributed by atoms with Crippen molar-refractivity contribution in [2.75, 3.05) is 19.0 Å². The van der Waals surface area contributed by atoms with Gasteiger partial charge in [0.15, 0.2) is 0 Å². The average molecular weight is 305 g/mol. The summed E-state index contributed by atoms with van der Waals surface area (Å²) in [6.07, 6.45) is 8.61. The third-order valence-electron chi connectivity index (χ3n) is 4.15. The molecule has 0 radical (unpaired) electrons. The van der Waals surface area contributed by atoms with E-state index < -0.39 is 10.0 Å². The lowest BCUT2D eigenvalue weighted by Gasteiger charge is -2.31. The van der Waals surface area contributed by atoms with E-state index in [1.54, 1.807) is 0 Å². The zero-order valence-corrected chi connectivity index (χ0v) is 13.9. The molecular formula is C15H31NO3S. The van der Waals surface area contributed by atoms with Gasteiger partial charge in [0.25, 0.3) is 0 Å². The predicted molar refractivity (Wildman–Crippen MR) is 83.0 cm³/mol. The molecule has 0 saturated heterocycles. The molecule has 20 heavy (non-hydrogen) atoms. The molecule has 0 aromatic rings. The Kier molecular flexibility index (Phi) is 7.48. The van der Waals surface area contributed by atoms with Crippen molar-refractivity contribution < 1.29 is 13.2 Å². The van der Waals surface area contributed by atoms with Gasteiger partial charge in [-0.05, 0) is 31.6 Å². The molecule has 5 heteroatoms. The molecule has 1 aliphatic carbocycles. The molecule has 4 nitrogen and oxygen atoms in total. The zero-order valence-electron chi connectivity index (χ0n) is 13.1. The van der Waals surface area contributed by atoms with Crippen LogP contribution in [0.25, 0.3) is 0 Å². The molecule has 2 N–H and O–H groups in total. The van der Waals surface area contributed by atoms with Crippen LogP contribution in [0.4, 0.5) is 0 Å². The summed E-state index contributed by atoms with van der Waals surface area (Å²) in [6.45, 7) is 5.67. The van der Waals surface area contributed by atoms with E-state index in [0.717, 1.165) is 45.1 Å². The Morgan fingerprint density at radius 1 is 1.15 bits per heavy atom. The number of ether oxygens (including phenoxy) is 1. The van der Waals surface area contributed by atoms with Crippen LogP contribution in [-0.4, -0.2) is 27.4 Å². The van der Waals surface area contributed by atoms with Gasteiger partial charge in [0.05, 0.1) is 12.4 Å². The number of rotatable bonds is 8. The smallest absolute Gasteiger partial charge is 0.209 e. The highest BCUT2D eigenvalue weighted by molar-refractivity contribution is 7.89. The van der Waals surface area contributed by atoms with Crippen LogP contribution in [-0.2, 0) is 14.8 Å². The van der Waals surface area contributed by atoms with Crippen molar-refractivity contribution in [3.8, 4) is 0 Å². The van der Waals surface area contributed by atoms with E-state index in [2.05, 4.69) is 13.8 Å². The third-order valence-corrected chi connectivity index (χ3v) is 5.16. The van der Waals surface area contributed by atoms with Crippen LogP contribution in [0, 0.1) is 11.3 Å². The van der Waals surface area contributed by atoms with Crippen LogP contribution in [0.2, 0.25) is 0 Å². The zero-order chi connectivity index (χ0) is 15.1. The summed E-state index contributed by atoms with van der Waals surface area (Å²) >= 11 is 0. The fraction of sp³-hybridized carbons (Fsp3) is 1.00. The summed E-state index contributed by atoms with van der Waals surface area (Å²) in [4.78, 5) is 0. The summed E-state index contributed by atoms with van der Waals surface area (Å²) in [6, 6.07) is 0. The first-order chi connectivity index (χ1) is 9.33. The molecule has 120 valence electrons. The molecule has 0 atom stereocenters. The summed E-state index contributed by atoms with van der Waals surface area (Å²) in [5.74, 6) is 0.763. The minimum absolute atomic E-state index is 0.0736. The van der Waals surface area contributed by atoms with Gasteiger partial charge in [0, 0.05) is 12.0 Å². The SMILES string of the molecule is CC(C)CCCOCC1(CS(N)(=O)=O)CCCCCC1. The minimum atomic E-state index is -3.43. The molecule has 1 fully saturated rings. The maximum absolute atomic E-state index is 11.5. The fourth-order valence-electron chi connectivity index (χ4n) is 3.12. The van der Waals surface area contributed by atoms with E-state index in [0.29, 0.717) is 12.5 Å². The molecule has 0 aromatic heterocycles. The molecule has 0 spiro atoms. The van der Waals surface area contributed by atoms with Crippen LogP contribution in [0.5, 0.6) is 0 Å². The highest BCUT2D eigenvalue weighted by Gasteiger charge is 2.35. The maximum atomic E-state index is 11.5. The van der Waals surface area contributed by atoms with Crippen LogP contribution in [0.15, 0.2) is 0 Å². The van der Waals surface area contributed by atoms with Gasteiger partial charge >= 0.3 is 0 Å². The van der Waals surface area contributed by atoms with Gasteiger partial charge in [-0.1, -0.05) is 39.5 Å². The van der Waals surface area contributed by atoms with Gasteiger partial charge in [-0.25, -0.2) is 13.6 Å². The molecule has 0 unspecified atom stereocenters. The first-order valence-electron chi connectivity index (χ1n) is 7.91. The number of hydrogen-bond donors (Lipinski definition) is 1. The minimum Gasteiger partial charge on any atom is -0.381 e. The second kappa shape index (κ2) is 8.35. The molecular weight excluding hydrogens is 274 g/mol. The van der Waals surface area contributed by atoms with Crippen molar-refractivity contribution in [2.45, 2.75) is 65.2 Å². The van der Waals surface area contributed by atoms with Gasteiger partial charge in [0.1, 0.15) is 0 Å². The Morgan fingerprint density at radius 2 is 1.75 bits per heavy atom. The molecule has 0 heterocycles. The second-order valence-electron chi connectivity index (χ2n) is 6.81. The normalized spacial score (nSPS) is 20.0. The van der Waals surface area contributed by atoms with E-state index >= 15 is 0 Å². The standard InChI is InChI=1S/C15H31NO3S/c1-14(2)8-7-11-19-12-15(13-20(16,17)18)9-5-3-4-6-10-15/h14H,3-13H2,1-2H3,(H2,16,17,18). The Bertz CT molecular complexity index is 357. The Morgan fingerprint density at radius 3 is 2.25 bits per heavy atom. The fourth-order valence-corrected chi connectivity index (χ4v) is 4.34. The molecule has 1 rings (SSSR count). The van der Waals surface area contributed by atoms with Crippen molar-refractivity contribution in [3.05, 3.63) is 0 Å². The third kappa shape index (κ3) is 7.60. The summed E-state index contributed by atoms with van der Waals surface area (Å²) in [7, 11) is -3.43. The number of sulfonamides is 1. The van der Waals surface area contributed by atoms with E-state index in [-0.39, 0.29) is 11.2 Å². The van der Waals surface area contributed by atoms with E-state index in [1.807, 2.05) is 0 Å². The Hall–Kier alpha value is -0.130. The number of nitrogens with two attached hydrogens (primary N) is 1. The van der Waals surface area contributed by atoms with E-state index in [1.165, 1.54) is 12.8 Å². The molecule has 0 bridgehead atoms. The van der Waals surface area contributed by atoms with Crippen molar-refractivity contribution >= 4 is 10.0 Å². The van der Waals surface area contributed by atoms with Gasteiger partial charge in [-0.15, -0.1) is 0 Å². The lowest BCUT2D eigenvalue weighted by atomic mass is 9.83. The average Bonchev–Trinajstić information content (AvgIpc) is 2.52. The molecule has 0 aromatic carbocycles. The monoisotopic (exact) mass is 305 g/mol. The first-order valence-corrected chi connectivity index (χ1v) is 9.63. The van der Waals surface area contributed by atoms with E-state index in [4.69, 9.17) is 9.88 Å². The summed E-state index contributed by atoms with van der Waals surface area (Å²) < 4.78 is 28.8. The lowest BCUT2D eigenvalue weighted by Crippen LogP contribution is -2.37. The van der Waals surface area contributed by atoms with Gasteiger partial charge < -0.3 is 4.74 Å². The summed E-state index contributed by atoms with van der Waals surface area (Å²) in [5, 5.41) is 5.29. The van der Waals surface area contributed by atoms with Crippen LogP contribution in [0.3, 0.4) is 0 Å². The quantitative estimate of drug-likeness (QED) is 0.553. The van der Waals surface area contributed by atoms with Crippen LogP contribution < -0.4 is 5.14 Å². The van der Waals surface area contributed by atoms with Crippen molar-refractivity contribution in [1.29, 1.82) is 0 Å². The maximum Gasteiger partial charge on any atom is 0.209 e. The van der Waals surface area contributed by atoms with Gasteiger partial charge in [-0.3, -0.25) is 0 Å². The highest BCUT2D eigenvalue weighted by Crippen LogP contribution is 2.36. The van der Waals surface area contributed by atoms with E-state index in [9.17, 15) is 8.42 Å². The van der Waals surface area contributed by atoms with Crippen LogP contribution >= 0.6 is 0 Å². The van der Waals surface area contributed by atoms with Crippen molar-refractivity contribution in [1.82, 2.24) is 0 Å². The predicted octanol–water partition coefficient (Wildman–Crippen LogP) is 3.07. The van der Waals surface area contributed by atoms with Crippen LogP contribution in [0.1, 0.15) is 65.2 Å². The van der Waals surface area contributed by atoms with Gasteiger partial charge in [-0.2, -0.15) is 0 Å².